The zero-order valence-corrected chi connectivity index (χ0v) is 25.9. The molecule has 10 rings (SSSR count). The van der Waals surface area contributed by atoms with Gasteiger partial charge in [0.25, 0.3) is 0 Å². The van der Waals surface area contributed by atoms with Crippen LogP contribution in [-0.2, 0) is 0 Å². The van der Waals surface area contributed by atoms with Gasteiger partial charge < -0.3 is 0 Å². The van der Waals surface area contributed by atoms with E-state index in [1.54, 1.807) is 0 Å². The molecular formula is C41H25N5S. The van der Waals surface area contributed by atoms with Gasteiger partial charge in [0, 0.05) is 48.3 Å². The van der Waals surface area contributed by atoms with Gasteiger partial charge in [0.05, 0.1) is 16.7 Å². The number of hydrogen-bond donors (Lipinski definition) is 0. The summed E-state index contributed by atoms with van der Waals surface area (Å²) in [4.78, 5) is 17.3. The Labute approximate surface area is 274 Å². The van der Waals surface area contributed by atoms with Gasteiger partial charge in [-0.25, -0.2) is 15.0 Å². The molecule has 0 spiro atoms. The van der Waals surface area contributed by atoms with Crippen molar-refractivity contribution in [1.82, 2.24) is 24.1 Å². The fraction of sp³-hybridized carbons (Fsp3) is 0. The van der Waals surface area contributed by atoms with Crippen LogP contribution in [0.5, 0.6) is 0 Å². The van der Waals surface area contributed by atoms with E-state index in [4.69, 9.17) is 15.0 Å². The topological polar surface area (TPSA) is 48.5 Å². The number of benzene rings is 6. The van der Waals surface area contributed by atoms with Gasteiger partial charge in [-0.3, -0.25) is 9.13 Å². The SMILES string of the molecule is c1ccc(-c2nc(-c3ccccc3)nc(-c3ccc(-n4c5ccccc5c5c6cccc7c6n(c54)-c4ccccc4S7)cc3)n2)cc1. The van der Waals surface area contributed by atoms with Gasteiger partial charge in [-0.1, -0.05) is 115 Å². The minimum Gasteiger partial charge on any atom is -0.295 e. The van der Waals surface area contributed by atoms with Crippen LogP contribution in [-0.4, -0.2) is 24.1 Å². The maximum atomic E-state index is 4.95. The van der Waals surface area contributed by atoms with Crippen LogP contribution in [0.3, 0.4) is 0 Å². The Morgan fingerprint density at radius 3 is 1.68 bits per heavy atom. The number of fused-ring (bicyclic) bond motifs is 7. The van der Waals surface area contributed by atoms with Crippen molar-refractivity contribution < 1.29 is 0 Å². The minimum atomic E-state index is 0.644. The van der Waals surface area contributed by atoms with E-state index in [0.29, 0.717) is 17.5 Å². The van der Waals surface area contributed by atoms with E-state index < -0.39 is 0 Å². The van der Waals surface area contributed by atoms with Gasteiger partial charge in [-0.15, -0.1) is 0 Å². The van der Waals surface area contributed by atoms with E-state index in [1.807, 2.05) is 72.4 Å². The molecule has 47 heavy (non-hydrogen) atoms. The molecule has 1 aliphatic rings. The van der Waals surface area contributed by atoms with Gasteiger partial charge in [0.2, 0.25) is 0 Å². The quantitative estimate of drug-likeness (QED) is 0.197. The first-order valence-corrected chi connectivity index (χ1v) is 16.4. The molecule has 0 atom stereocenters. The Balaban J connectivity index is 1.19. The molecule has 0 saturated heterocycles. The number of para-hydroxylation sites is 3. The molecule has 0 aliphatic carbocycles. The van der Waals surface area contributed by atoms with Gasteiger partial charge in [0.15, 0.2) is 17.5 Å². The van der Waals surface area contributed by atoms with Crippen LogP contribution in [0.2, 0.25) is 0 Å². The van der Waals surface area contributed by atoms with Gasteiger partial charge in [-0.05, 0) is 48.5 Å². The molecule has 0 radical (unpaired) electrons. The standard InChI is InChI=1S/C41H25N5S/c1-3-12-26(13-4-1)38-42-39(27-14-5-2-6-15-27)44-40(43-38)28-22-24-29(25-23-28)45-32-18-8-7-16-30(32)36-31-17-11-21-35-37(31)46(41(36)45)33-19-9-10-20-34(33)47-35/h1-25H. The molecule has 1 aliphatic heterocycles. The highest BCUT2D eigenvalue weighted by atomic mass is 32.2. The maximum absolute atomic E-state index is 4.95. The monoisotopic (exact) mass is 619 g/mol. The third-order valence-electron chi connectivity index (χ3n) is 8.96. The molecule has 0 fully saturated rings. The highest BCUT2D eigenvalue weighted by Crippen LogP contribution is 2.49. The lowest BCUT2D eigenvalue weighted by Crippen LogP contribution is -2.05. The summed E-state index contributed by atoms with van der Waals surface area (Å²) < 4.78 is 4.87. The van der Waals surface area contributed by atoms with Crippen molar-refractivity contribution in [2.75, 3.05) is 0 Å². The Hall–Kier alpha value is -5.98. The molecule has 6 heteroatoms. The first kappa shape index (κ1) is 26.3. The summed E-state index contributed by atoms with van der Waals surface area (Å²) in [5.74, 6) is 1.96. The number of nitrogens with zero attached hydrogens (tertiary/aromatic N) is 5. The van der Waals surface area contributed by atoms with Crippen molar-refractivity contribution in [3.63, 3.8) is 0 Å². The lowest BCUT2D eigenvalue weighted by molar-refractivity contribution is 1.03. The Morgan fingerprint density at radius 1 is 0.426 bits per heavy atom. The summed E-state index contributed by atoms with van der Waals surface area (Å²) in [6, 6.07) is 53.0. The molecule has 0 saturated carbocycles. The normalized spacial score (nSPS) is 12.2. The molecule has 5 nitrogen and oxygen atoms in total. The van der Waals surface area contributed by atoms with Crippen LogP contribution < -0.4 is 0 Å². The van der Waals surface area contributed by atoms with E-state index >= 15 is 0 Å². The lowest BCUT2D eigenvalue weighted by Gasteiger charge is -2.21. The molecule has 0 bridgehead atoms. The lowest BCUT2D eigenvalue weighted by atomic mass is 10.1. The van der Waals surface area contributed by atoms with E-state index in [1.165, 1.54) is 48.3 Å². The third-order valence-corrected chi connectivity index (χ3v) is 10.1. The smallest absolute Gasteiger partial charge is 0.164 e. The van der Waals surface area contributed by atoms with E-state index in [0.717, 1.165) is 22.4 Å². The molecule has 3 aromatic heterocycles. The van der Waals surface area contributed by atoms with Crippen LogP contribution in [0.4, 0.5) is 0 Å². The number of aromatic nitrogens is 5. The maximum Gasteiger partial charge on any atom is 0.164 e. The third kappa shape index (κ3) is 4.02. The second kappa shape index (κ2) is 10.3. The second-order valence-electron chi connectivity index (χ2n) is 11.7. The van der Waals surface area contributed by atoms with Gasteiger partial charge >= 0.3 is 0 Å². The van der Waals surface area contributed by atoms with Gasteiger partial charge in [0.1, 0.15) is 5.65 Å². The molecule has 9 aromatic rings. The molecular weight excluding hydrogens is 595 g/mol. The zero-order valence-electron chi connectivity index (χ0n) is 25.1. The Kier molecular flexibility index (Phi) is 5.74. The first-order valence-electron chi connectivity index (χ1n) is 15.6. The summed E-state index contributed by atoms with van der Waals surface area (Å²) in [6.45, 7) is 0. The molecule has 220 valence electrons. The van der Waals surface area contributed by atoms with Crippen molar-refractivity contribution in [3.8, 4) is 45.5 Å². The predicted molar refractivity (Wildman–Crippen MR) is 191 cm³/mol. The average Bonchev–Trinajstić information content (AvgIpc) is 3.67. The van der Waals surface area contributed by atoms with Crippen LogP contribution in [0, 0.1) is 0 Å². The predicted octanol–water partition coefficient (Wildman–Crippen LogP) is 10.4. The second-order valence-corrected chi connectivity index (χ2v) is 12.8. The molecule has 0 amide bonds. The minimum absolute atomic E-state index is 0.644. The van der Waals surface area contributed by atoms with Crippen LogP contribution in [0.1, 0.15) is 0 Å². The van der Waals surface area contributed by atoms with Gasteiger partial charge in [-0.2, -0.15) is 0 Å². The van der Waals surface area contributed by atoms with Crippen molar-refractivity contribution >= 4 is 44.6 Å². The first-order chi connectivity index (χ1) is 23.3. The fourth-order valence-corrected chi connectivity index (χ4v) is 7.98. The summed E-state index contributed by atoms with van der Waals surface area (Å²) in [7, 11) is 0. The van der Waals surface area contributed by atoms with E-state index in [2.05, 4.69) is 100 Å². The Bertz CT molecular complexity index is 2580. The molecule has 0 N–H and O–H groups in total. The van der Waals surface area contributed by atoms with E-state index in [-0.39, 0.29) is 0 Å². The highest BCUT2D eigenvalue weighted by molar-refractivity contribution is 7.99. The molecule has 0 unspecified atom stereocenters. The summed E-state index contributed by atoms with van der Waals surface area (Å²) in [5, 5.41) is 3.80. The van der Waals surface area contributed by atoms with Crippen LogP contribution in [0.25, 0.3) is 78.4 Å². The number of hydrogen-bond acceptors (Lipinski definition) is 4. The van der Waals surface area contributed by atoms with Crippen molar-refractivity contribution in [3.05, 3.63) is 152 Å². The Morgan fingerprint density at radius 2 is 0.979 bits per heavy atom. The highest BCUT2D eigenvalue weighted by Gasteiger charge is 2.27. The largest absolute Gasteiger partial charge is 0.295 e. The molecule has 4 heterocycles. The summed E-state index contributed by atoms with van der Waals surface area (Å²) in [6.07, 6.45) is 0. The van der Waals surface area contributed by atoms with Crippen molar-refractivity contribution in [2.24, 2.45) is 0 Å². The summed E-state index contributed by atoms with van der Waals surface area (Å²) in [5.41, 5.74) is 8.76. The molecule has 6 aromatic carbocycles. The van der Waals surface area contributed by atoms with E-state index in [9.17, 15) is 0 Å². The number of rotatable bonds is 4. The van der Waals surface area contributed by atoms with Crippen molar-refractivity contribution in [1.29, 1.82) is 0 Å². The van der Waals surface area contributed by atoms with Crippen LogP contribution in [0.15, 0.2) is 161 Å². The summed E-state index contributed by atoms with van der Waals surface area (Å²) >= 11 is 1.85. The van der Waals surface area contributed by atoms with Crippen molar-refractivity contribution in [2.45, 2.75) is 9.79 Å². The fourth-order valence-electron chi connectivity index (χ4n) is 6.89. The van der Waals surface area contributed by atoms with Crippen LogP contribution >= 0.6 is 11.8 Å². The average molecular weight is 620 g/mol. The zero-order chi connectivity index (χ0) is 30.9.